The van der Waals surface area contributed by atoms with E-state index in [9.17, 15) is 4.79 Å². The summed E-state index contributed by atoms with van der Waals surface area (Å²) in [5, 5.41) is 6.42. The topological polar surface area (TPSA) is 41.1 Å². The maximum Gasteiger partial charge on any atom is 0.228 e. The van der Waals surface area contributed by atoms with Gasteiger partial charge in [-0.3, -0.25) is 4.79 Å². The van der Waals surface area contributed by atoms with E-state index in [1.807, 2.05) is 6.07 Å². The summed E-state index contributed by atoms with van der Waals surface area (Å²) >= 11 is 0. The molecule has 122 valence electrons. The lowest BCUT2D eigenvalue weighted by Crippen LogP contribution is -2.28. The SMILES string of the molecule is C=C(c1ccc2c(c1)CC(=O)N2)C1(Cc2ccccc2)CCNC1. The number of hydrogen-bond donors (Lipinski definition) is 2. The molecule has 0 aliphatic carbocycles. The zero-order valence-corrected chi connectivity index (χ0v) is 13.8. The van der Waals surface area contributed by atoms with E-state index in [4.69, 9.17) is 0 Å². The highest BCUT2D eigenvalue weighted by atomic mass is 16.1. The third-order valence-corrected chi connectivity index (χ3v) is 5.35. The van der Waals surface area contributed by atoms with E-state index in [1.54, 1.807) is 0 Å². The minimum absolute atomic E-state index is 0.0473. The molecular weight excluding hydrogens is 296 g/mol. The number of rotatable bonds is 4. The van der Waals surface area contributed by atoms with Crippen LogP contribution in [0.25, 0.3) is 5.57 Å². The van der Waals surface area contributed by atoms with Gasteiger partial charge in [0.1, 0.15) is 0 Å². The van der Waals surface area contributed by atoms with Crippen LogP contribution in [0.4, 0.5) is 5.69 Å². The van der Waals surface area contributed by atoms with Gasteiger partial charge in [-0.15, -0.1) is 0 Å². The van der Waals surface area contributed by atoms with Gasteiger partial charge in [0.15, 0.2) is 0 Å². The number of fused-ring (bicyclic) bond motifs is 1. The highest BCUT2D eigenvalue weighted by Crippen LogP contribution is 2.43. The molecule has 24 heavy (non-hydrogen) atoms. The molecule has 2 aliphatic rings. The molecule has 1 amide bonds. The quantitative estimate of drug-likeness (QED) is 0.907. The smallest absolute Gasteiger partial charge is 0.228 e. The van der Waals surface area contributed by atoms with E-state index in [0.29, 0.717) is 6.42 Å². The van der Waals surface area contributed by atoms with Gasteiger partial charge in [0.05, 0.1) is 6.42 Å². The molecule has 0 radical (unpaired) electrons. The zero-order chi connectivity index (χ0) is 16.6. The molecule has 2 aliphatic heterocycles. The normalized spacial score (nSPS) is 22.2. The Morgan fingerprint density at radius 3 is 2.75 bits per heavy atom. The lowest BCUT2D eigenvalue weighted by Gasteiger charge is -2.31. The maximum atomic E-state index is 11.6. The van der Waals surface area contributed by atoms with E-state index in [1.165, 1.54) is 11.1 Å². The molecule has 0 aromatic heterocycles. The van der Waals surface area contributed by atoms with E-state index in [2.05, 4.69) is 59.7 Å². The first-order valence-corrected chi connectivity index (χ1v) is 8.53. The van der Waals surface area contributed by atoms with Gasteiger partial charge in [0.25, 0.3) is 0 Å². The lowest BCUT2D eigenvalue weighted by atomic mass is 9.72. The molecule has 1 atom stereocenters. The third-order valence-electron chi connectivity index (χ3n) is 5.35. The van der Waals surface area contributed by atoms with Crippen molar-refractivity contribution < 1.29 is 4.79 Å². The van der Waals surface area contributed by atoms with Gasteiger partial charge in [0, 0.05) is 17.6 Å². The van der Waals surface area contributed by atoms with Gasteiger partial charge in [-0.25, -0.2) is 0 Å². The largest absolute Gasteiger partial charge is 0.326 e. The zero-order valence-electron chi connectivity index (χ0n) is 13.8. The predicted molar refractivity (Wildman–Crippen MR) is 97.9 cm³/mol. The Morgan fingerprint density at radius 1 is 1.17 bits per heavy atom. The Hall–Kier alpha value is -2.39. The van der Waals surface area contributed by atoms with Crippen LogP contribution in [0, 0.1) is 5.41 Å². The van der Waals surface area contributed by atoms with Gasteiger partial charge < -0.3 is 10.6 Å². The molecule has 1 unspecified atom stereocenters. The molecule has 0 saturated carbocycles. The molecule has 0 spiro atoms. The summed E-state index contributed by atoms with van der Waals surface area (Å²) in [5.74, 6) is 0.0781. The fraction of sp³-hybridized carbons (Fsp3) is 0.286. The standard InChI is InChI=1S/C21H22N2O/c1-15(17-7-8-19-18(11-17)12-20(24)23-19)21(9-10-22-14-21)13-16-5-3-2-4-6-16/h2-8,11,22H,1,9-10,12-14H2,(H,23,24). The number of carbonyl (C=O) groups excluding carboxylic acids is 1. The number of amides is 1. The molecule has 2 N–H and O–H groups in total. The highest BCUT2D eigenvalue weighted by molar-refractivity contribution is 5.99. The van der Waals surface area contributed by atoms with Crippen LogP contribution in [0.1, 0.15) is 23.1 Å². The molecule has 2 aromatic rings. The fourth-order valence-corrected chi connectivity index (χ4v) is 3.97. The highest BCUT2D eigenvalue weighted by Gasteiger charge is 2.37. The van der Waals surface area contributed by atoms with Crippen LogP contribution in [-0.2, 0) is 17.6 Å². The average Bonchev–Trinajstić information content (AvgIpc) is 3.20. The molecule has 1 saturated heterocycles. The minimum atomic E-state index is 0.0473. The van der Waals surface area contributed by atoms with Crippen molar-refractivity contribution >= 4 is 17.2 Å². The van der Waals surface area contributed by atoms with E-state index >= 15 is 0 Å². The Kier molecular flexibility index (Phi) is 3.73. The minimum Gasteiger partial charge on any atom is -0.326 e. The summed E-state index contributed by atoms with van der Waals surface area (Å²) in [7, 11) is 0. The lowest BCUT2D eigenvalue weighted by molar-refractivity contribution is -0.115. The van der Waals surface area contributed by atoms with Crippen molar-refractivity contribution in [2.45, 2.75) is 19.3 Å². The molecule has 2 aromatic carbocycles. The van der Waals surface area contributed by atoms with E-state index in [0.717, 1.165) is 42.7 Å². The molecule has 3 heteroatoms. The van der Waals surface area contributed by atoms with Crippen molar-refractivity contribution in [1.29, 1.82) is 0 Å². The van der Waals surface area contributed by atoms with Crippen LogP contribution in [-0.4, -0.2) is 19.0 Å². The third kappa shape index (κ3) is 2.65. The Balaban J connectivity index is 1.65. The van der Waals surface area contributed by atoms with Crippen LogP contribution < -0.4 is 10.6 Å². The van der Waals surface area contributed by atoms with E-state index < -0.39 is 0 Å². The van der Waals surface area contributed by atoms with Crippen molar-refractivity contribution in [2.24, 2.45) is 5.41 Å². The molecule has 0 bridgehead atoms. The van der Waals surface area contributed by atoms with Crippen molar-refractivity contribution in [3.05, 3.63) is 71.8 Å². The second-order valence-electron chi connectivity index (χ2n) is 6.94. The number of anilines is 1. The first kappa shape index (κ1) is 15.2. The number of benzene rings is 2. The molecule has 3 nitrogen and oxygen atoms in total. The van der Waals surface area contributed by atoms with Gasteiger partial charge in [0.2, 0.25) is 5.91 Å². The molecule has 1 fully saturated rings. The second-order valence-corrected chi connectivity index (χ2v) is 6.94. The summed E-state index contributed by atoms with van der Waals surface area (Å²) < 4.78 is 0. The number of carbonyl (C=O) groups is 1. The van der Waals surface area contributed by atoms with Crippen molar-refractivity contribution in [3.8, 4) is 0 Å². The molecule has 2 heterocycles. The van der Waals surface area contributed by atoms with Gasteiger partial charge in [-0.1, -0.05) is 43.0 Å². The fourth-order valence-electron chi connectivity index (χ4n) is 3.97. The summed E-state index contributed by atoms with van der Waals surface area (Å²) in [6.07, 6.45) is 2.56. The van der Waals surface area contributed by atoms with E-state index in [-0.39, 0.29) is 11.3 Å². The van der Waals surface area contributed by atoms with Gasteiger partial charge in [-0.2, -0.15) is 0 Å². The molecule has 4 rings (SSSR count). The summed E-state index contributed by atoms with van der Waals surface area (Å²) in [4.78, 5) is 11.6. The summed E-state index contributed by atoms with van der Waals surface area (Å²) in [5.41, 5.74) is 5.76. The van der Waals surface area contributed by atoms with Crippen molar-refractivity contribution in [2.75, 3.05) is 18.4 Å². The van der Waals surface area contributed by atoms with Crippen LogP contribution >= 0.6 is 0 Å². The second kappa shape index (κ2) is 5.91. The van der Waals surface area contributed by atoms with Crippen molar-refractivity contribution in [3.63, 3.8) is 0 Å². The van der Waals surface area contributed by atoms with Crippen molar-refractivity contribution in [1.82, 2.24) is 5.32 Å². The number of nitrogens with one attached hydrogen (secondary N) is 2. The Bertz CT molecular complexity index is 789. The van der Waals surface area contributed by atoms with Gasteiger partial charge >= 0.3 is 0 Å². The first-order valence-electron chi connectivity index (χ1n) is 8.53. The summed E-state index contributed by atoms with van der Waals surface area (Å²) in [6.45, 7) is 6.45. The molecular formula is C21H22N2O. The summed E-state index contributed by atoms with van der Waals surface area (Å²) in [6, 6.07) is 16.9. The maximum absolute atomic E-state index is 11.6. The number of hydrogen-bond acceptors (Lipinski definition) is 2. The average molecular weight is 318 g/mol. The van der Waals surface area contributed by atoms with Crippen LogP contribution in [0.3, 0.4) is 0 Å². The van der Waals surface area contributed by atoms with Crippen LogP contribution in [0.5, 0.6) is 0 Å². The first-order chi connectivity index (χ1) is 11.7. The van der Waals surface area contributed by atoms with Crippen LogP contribution in [0.15, 0.2) is 55.1 Å². The van der Waals surface area contributed by atoms with Crippen LogP contribution in [0.2, 0.25) is 0 Å². The Labute approximate surface area is 142 Å². The van der Waals surface area contributed by atoms with Gasteiger partial charge in [-0.05, 0) is 53.8 Å². The predicted octanol–water partition coefficient (Wildman–Crippen LogP) is 3.42. The monoisotopic (exact) mass is 318 g/mol. The Morgan fingerprint density at radius 2 is 2.00 bits per heavy atom.